The van der Waals surface area contributed by atoms with Crippen LogP contribution in [0.5, 0.6) is 0 Å². The van der Waals surface area contributed by atoms with Gasteiger partial charge in [-0.05, 0) is 18.2 Å². The van der Waals surface area contributed by atoms with Gasteiger partial charge in [0, 0.05) is 37.5 Å². The molecule has 0 saturated carbocycles. The van der Waals surface area contributed by atoms with Crippen molar-refractivity contribution in [3.8, 4) is 0 Å². The zero-order chi connectivity index (χ0) is 20.8. The molecule has 0 aliphatic carbocycles. The van der Waals surface area contributed by atoms with Gasteiger partial charge < -0.3 is 10.2 Å². The van der Waals surface area contributed by atoms with Crippen molar-refractivity contribution >= 4 is 35.4 Å². The number of benzene rings is 2. The quantitative estimate of drug-likeness (QED) is 0.355. The summed E-state index contributed by atoms with van der Waals surface area (Å²) in [6.45, 7) is 0. The summed E-state index contributed by atoms with van der Waals surface area (Å²) < 4.78 is 13.8. The van der Waals surface area contributed by atoms with Gasteiger partial charge in [0.25, 0.3) is 5.69 Å². The van der Waals surface area contributed by atoms with Crippen LogP contribution in [-0.4, -0.2) is 40.2 Å². The van der Waals surface area contributed by atoms with Crippen LogP contribution in [0.25, 0.3) is 0 Å². The van der Waals surface area contributed by atoms with E-state index in [2.05, 4.69) is 30.8 Å². The first-order chi connectivity index (χ1) is 13.9. The molecular weight excluding hydrogens is 379 g/mol. The standard InChI is InChI=1S/C18H17FN8O2/c1-26(2)18-23-16(21-13-6-4-3-5-7-13)22-17(24-18)25-20-11-12-10-14(27(28)29)8-9-15(12)19/h3-11H,1-2H3,(H2,21,22,23,24,25)/b20-11+. The van der Waals surface area contributed by atoms with Crippen molar-refractivity contribution in [2.75, 3.05) is 29.7 Å². The van der Waals surface area contributed by atoms with Crippen LogP contribution in [0.4, 0.5) is 33.6 Å². The van der Waals surface area contributed by atoms with Crippen LogP contribution in [0.1, 0.15) is 5.56 Å². The van der Waals surface area contributed by atoms with Gasteiger partial charge in [0.2, 0.25) is 17.8 Å². The Balaban J connectivity index is 1.82. The Labute approximate surface area is 165 Å². The summed E-state index contributed by atoms with van der Waals surface area (Å²) >= 11 is 0. The normalized spacial score (nSPS) is 10.7. The van der Waals surface area contributed by atoms with Crippen molar-refractivity contribution in [2.45, 2.75) is 0 Å². The number of hydrazone groups is 1. The van der Waals surface area contributed by atoms with Crippen molar-refractivity contribution in [1.29, 1.82) is 0 Å². The summed E-state index contributed by atoms with van der Waals surface area (Å²) in [5.41, 5.74) is 3.10. The molecule has 148 valence electrons. The number of halogens is 1. The number of anilines is 4. The second-order valence-electron chi connectivity index (χ2n) is 6.00. The van der Waals surface area contributed by atoms with Gasteiger partial charge in [0.15, 0.2) is 0 Å². The lowest BCUT2D eigenvalue weighted by molar-refractivity contribution is -0.384. The van der Waals surface area contributed by atoms with Crippen LogP contribution >= 0.6 is 0 Å². The first kappa shape index (κ1) is 19.6. The Kier molecular flexibility index (Phi) is 5.88. The minimum atomic E-state index is -0.641. The van der Waals surface area contributed by atoms with Gasteiger partial charge in [-0.2, -0.15) is 20.1 Å². The fourth-order valence-electron chi connectivity index (χ4n) is 2.22. The average molecular weight is 396 g/mol. The van der Waals surface area contributed by atoms with Crippen molar-refractivity contribution in [3.63, 3.8) is 0 Å². The number of aromatic nitrogens is 3. The lowest BCUT2D eigenvalue weighted by atomic mass is 10.2. The molecule has 1 heterocycles. The summed E-state index contributed by atoms with van der Waals surface area (Å²) in [4.78, 5) is 24.7. The van der Waals surface area contributed by atoms with Crippen molar-refractivity contribution < 1.29 is 9.31 Å². The second kappa shape index (κ2) is 8.69. The third kappa shape index (κ3) is 5.19. The number of nitrogens with zero attached hydrogens (tertiary/aromatic N) is 6. The van der Waals surface area contributed by atoms with E-state index in [1.54, 1.807) is 19.0 Å². The van der Waals surface area contributed by atoms with E-state index < -0.39 is 10.7 Å². The summed E-state index contributed by atoms with van der Waals surface area (Å²) in [7, 11) is 3.54. The Morgan fingerprint density at radius 2 is 1.83 bits per heavy atom. The molecule has 0 spiro atoms. The first-order valence-corrected chi connectivity index (χ1v) is 8.41. The summed E-state index contributed by atoms with van der Waals surface area (Å²) in [5.74, 6) is 0.133. The molecule has 11 heteroatoms. The summed E-state index contributed by atoms with van der Waals surface area (Å²) in [5, 5.41) is 17.8. The maximum absolute atomic E-state index is 13.8. The van der Waals surface area contributed by atoms with E-state index in [0.29, 0.717) is 5.95 Å². The number of para-hydroxylation sites is 1. The molecule has 0 fully saturated rings. The van der Waals surface area contributed by atoms with Gasteiger partial charge in [-0.1, -0.05) is 18.2 Å². The molecule has 2 N–H and O–H groups in total. The number of hydrogen-bond donors (Lipinski definition) is 2. The maximum Gasteiger partial charge on any atom is 0.270 e. The van der Waals surface area contributed by atoms with E-state index in [0.717, 1.165) is 30.1 Å². The average Bonchev–Trinajstić information content (AvgIpc) is 2.70. The van der Waals surface area contributed by atoms with Crippen LogP contribution in [0.3, 0.4) is 0 Å². The zero-order valence-corrected chi connectivity index (χ0v) is 15.6. The monoisotopic (exact) mass is 396 g/mol. The lowest BCUT2D eigenvalue weighted by Crippen LogP contribution is -2.15. The second-order valence-corrected chi connectivity index (χ2v) is 6.00. The number of hydrogen-bond acceptors (Lipinski definition) is 9. The van der Waals surface area contributed by atoms with Crippen LogP contribution in [0.2, 0.25) is 0 Å². The summed E-state index contributed by atoms with van der Waals surface area (Å²) in [6, 6.07) is 12.5. The van der Waals surface area contributed by atoms with Gasteiger partial charge in [-0.3, -0.25) is 10.1 Å². The first-order valence-electron chi connectivity index (χ1n) is 8.41. The van der Waals surface area contributed by atoms with E-state index in [-0.39, 0.29) is 23.1 Å². The topological polar surface area (TPSA) is 121 Å². The Morgan fingerprint density at radius 1 is 1.10 bits per heavy atom. The predicted molar refractivity (Wildman–Crippen MR) is 108 cm³/mol. The molecule has 0 aliphatic heterocycles. The third-order valence-corrected chi connectivity index (χ3v) is 3.61. The third-order valence-electron chi connectivity index (χ3n) is 3.61. The molecule has 0 saturated heterocycles. The fraction of sp³-hybridized carbons (Fsp3) is 0.111. The van der Waals surface area contributed by atoms with Gasteiger partial charge in [-0.25, -0.2) is 9.82 Å². The molecule has 29 heavy (non-hydrogen) atoms. The predicted octanol–water partition coefficient (Wildman–Crippen LogP) is 3.17. The highest BCUT2D eigenvalue weighted by Crippen LogP contribution is 2.17. The highest BCUT2D eigenvalue weighted by Gasteiger charge is 2.10. The molecule has 0 radical (unpaired) electrons. The lowest BCUT2D eigenvalue weighted by Gasteiger charge is -2.13. The number of rotatable bonds is 7. The van der Waals surface area contributed by atoms with Gasteiger partial charge in [0.05, 0.1) is 11.1 Å². The van der Waals surface area contributed by atoms with E-state index in [4.69, 9.17) is 0 Å². The van der Waals surface area contributed by atoms with E-state index in [9.17, 15) is 14.5 Å². The molecule has 0 aliphatic rings. The minimum Gasteiger partial charge on any atom is -0.347 e. The number of nitrogens with one attached hydrogen (secondary N) is 2. The molecule has 0 amide bonds. The van der Waals surface area contributed by atoms with Crippen LogP contribution in [-0.2, 0) is 0 Å². The Bertz CT molecular complexity index is 1040. The molecule has 3 rings (SSSR count). The van der Waals surface area contributed by atoms with Crippen molar-refractivity contribution in [3.05, 3.63) is 70.0 Å². The van der Waals surface area contributed by atoms with E-state index in [1.165, 1.54) is 0 Å². The minimum absolute atomic E-state index is 0.0452. The number of non-ortho nitro benzene ring substituents is 1. The van der Waals surface area contributed by atoms with Crippen molar-refractivity contribution in [1.82, 2.24) is 15.0 Å². The fourth-order valence-corrected chi connectivity index (χ4v) is 2.22. The molecular formula is C18H17FN8O2. The molecule has 0 unspecified atom stereocenters. The smallest absolute Gasteiger partial charge is 0.270 e. The Hall–Kier alpha value is -4.15. The van der Waals surface area contributed by atoms with Gasteiger partial charge in [-0.15, -0.1) is 0 Å². The molecule has 10 nitrogen and oxygen atoms in total. The number of nitro benzene ring substituents is 1. The zero-order valence-electron chi connectivity index (χ0n) is 15.6. The molecule has 2 aromatic carbocycles. The van der Waals surface area contributed by atoms with Crippen LogP contribution < -0.4 is 15.6 Å². The van der Waals surface area contributed by atoms with Gasteiger partial charge >= 0.3 is 0 Å². The van der Waals surface area contributed by atoms with Crippen LogP contribution in [0.15, 0.2) is 53.6 Å². The molecule has 0 bridgehead atoms. The maximum atomic E-state index is 13.8. The van der Waals surface area contributed by atoms with E-state index >= 15 is 0 Å². The van der Waals surface area contributed by atoms with Crippen LogP contribution in [0, 0.1) is 15.9 Å². The molecule has 3 aromatic rings. The largest absolute Gasteiger partial charge is 0.347 e. The highest BCUT2D eigenvalue weighted by molar-refractivity contribution is 5.81. The van der Waals surface area contributed by atoms with E-state index in [1.807, 2.05) is 30.3 Å². The SMILES string of the molecule is CN(C)c1nc(N/N=C/c2cc([N+](=O)[O-])ccc2F)nc(Nc2ccccc2)n1. The molecule has 1 aromatic heterocycles. The summed E-state index contributed by atoms with van der Waals surface area (Å²) in [6.07, 6.45) is 1.12. The highest BCUT2D eigenvalue weighted by atomic mass is 19.1. The Morgan fingerprint density at radius 3 is 2.52 bits per heavy atom. The van der Waals surface area contributed by atoms with Crippen molar-refractivity contribution in [2.24, 2.45) is 5.10 Å². The van der Waals surface area contributed by atoms with Gasteiger partial charge in [0.1, 0.15) is 5.82 Å². The molecule has 0 atom stereocenters. The number of nitro groups is 1.